The molecule has 172 valence electrons. The molecule has 4 aromatic rings. The lowest BCUT2D eigenvalue weighted by molar-refractivity contribution is -0.116. The minimum absolute atomic E-state index is 0.000254. The molecule has 0 spiro atoms. The molecule has 0 saturated heterocycles. The first-order valence-corrected chi connectivity index (χ1v) is 11.7. The summed E-state index contributed by atoms with van der Waals surface area (Å²) < 4.78 is 50.7. The van der Waals surface area contributed by atoms with E-state index >= 15 is 0 Å². The number of para-hydroxylation sites is 1. The normalized spacial score (nSPS) is 11.9. The van der Waals surface area contributed by atoms with Crippen molar-refractivity contribution in [2.24, 2.45) is 0 Å². The van der Waals surface area contributed by atoms with Crippen molar-refractivity contribution in [3.8, 4) is 5.75 Å². The van der Waals surface area contributed by atoms with Crippen LogP contribution in [0.2, 0.25) is 0 Å². The van der Waals surface area contributed by atoms with E-state index in [1.807, 2.05) is 30.3 Å². The smallest absolute Gasteiger partial charge is 0.242 e. The number of carbonyl (C=O) groups is 1. The monoisotopic (exact) mass is 470 g/mol. The van der Waals surface area contributed by atoms with Crippen LogP contribution < -0.4 is 10.1 Å². The minimum atomic E-state index is -3.76. The van der Waals surface area contributed by atoms with Crippen LogP contribution in [0.25, 0.3) is 21.9 Å². The van der Waals surface area contributed by atoms with E-state index in [0.717, 1.165) is 32.8 Å². The molecule has 0 saturated carbocycles. The summed E-state index contributed by atoms with van der Waals surface area (Å²) in [5.41, 5.74) is 1.84. The molecule has 0 aliphatic rings. The first-order chi connectivity index (χ1) is 15.8. The summed E-state index contributed by atoms with van der Waals surface area (Å²) in [7, 11) is -0.810. The molecule has 0 bridgehead atoms. The molecule has 1 amide bonds. The van der Waals surface area contributed by atoms with Gasteiger partial charge in [-0.05, 0) is 42.8 Å². The number of benzene rings is 3. The zero-order chi connectivity index (χ0) is 23.6. The maximum Gasteiger partial charge on any atom is 0.242 e. The molecule has 33 heavy (non-hydrogen) atoms. The molecule has 0 aliphatic carbocycles. The van der Waals surface area contributed by atoms with Crippen molar-refractivity contribution >= 4 is 43.6 Å². The molecule has 0 aliphatic heterocycles. The highest BCUT2D eigenvalue weighted by atomic mass is 32.2. The molecule has 7 nitrogen and oxygen atoms in total. The van der Waals surface area contributed by atoms with Crippen LogP contribution in [0.4, 0.5) is 10.1 Å². The van der Waals surface area contributed by atoms with E-state index in [2.05, 4.69) is 5.32 Å². The first-order valence-electron chi connectivity index (χ1n) is 10.3. The Hall–Kier alpha value is -3.43. The van der Waals surface area contributed by atoms with Gasteiger partial charge in [-0.25, -0.2) is 17.1 Å². The second kappa shape index (κ2) is 9.21. The lowest BCUT2D eigenvalue weighted by Gasteiger charge is -2.17. The van der Waals surface area contributed by atoms with Gasteiger partial charge in [0.2, 0.25) is 15.9 Å². The van der Waals surface area contributed by atoms with Crippen LogP contribution in [-0.4, -0.2) is 39.3 Å². The SMILES string of the molecule is COc1cc2c(cc1NC(=O)CCCN(C)S(=O)(=O)c1ccc(F)cc1)oc1ccccc12. The minimum Gasteiger partial charge on any atom is -0.495 e. The number of nitrogens with zero attached hydrogens (tertiary/aromatic N) is 1. The van der Waals surface area contributed by atoms with Crippen LogP contribution in [0.1, 0.15) is 12.8 Å². The van der Waals surface area contributed by atoms with Crippen LogP contribution in [-0.2, 0) is 14.8 Å². The fraction of sp³-hybridized carbons (Fsp3) is 0.208. The highest BCUT2D eigenvalue weighted by Gasteiger charge is 2.21. The Labute approximate surface area is 190 Å². The summed E-state index contributed by atoms with van der Waals surface area (Å²) in [6, 6.07) is 15.8. The van der Waals surface area contributed by atoms with E-state index < -0.39 is 15.8 Å². The molecule has 0 atom stereocenters. The van der Waals surface area contributed by atoms with E-state index in [0.29, 0.717) is 23.4 Å². The molecule has 3 aromatic carbocycles. The second-order valence-corrected chi connectivity index (χ2v) is 9.62. The Morgan fingerprint density at radius 1 is 1.06 bits per heavy atom. The first kappa shape index (κ1) is 22.8. The Kier molecular flexibility index (Phi) is 6.35. The lowest BCUT2D eigenvalue weighted by Crippen LogP contribution is -2.28. The van der Waals surface area contributed by atoms with Crippen LogP contribution in [0.3, 0.4) is 0 Å². The molecule has 0 radical (unpaired) electrons. The van der Waals surface area contributed by atoms with Gasteiger partial charge in [-0.1, -0.05) is 18.2 Å². The Balaban J connectivity index is 1.41. The van der Waals surface area contributed by atoms with Crippen molar-refractivity contribution in [1.29, 1.82) is 0 Å². The van der Waals surface area contributed by atoms with Gasteiger partial charge in [0.15, 0.2) is 0 Å². The van der Waals surface area contributed by atoms with E-state index in [9.17, 15) is 17.6 Å². The largest absolute Gasteiger partial charge is 0.495 e. The predicted molar refractivity (Wildman–Crippen MR) is 124 cm³/mol. The van der Waals surface area contributed by atoms with Gasteiger partial charge in [-0.3, -0.25) is 4.79 Å². The number of fused-ring (bicyclic) bond motifs is 3. The van der Waals surface area contributed by atoms with Gasteiger partial charge in [0.1, 0.15) is 22.7 Å². The zero-order valence-corrected chi connectivity index (χ0v) is 19.0. The topological polar surface area (TPSA) is 88.9 Å². The number of furan rings is 1. The van der Waals surface area contributed by atoms with Crippen molar-refractivity contribution in [3.63, 3.8) is 0 Å². The number of amides is 1. The third-order valence-electron chi connectivity index (χ3n) is 5.37. The summed E-state index contributed by atoms with van der Waals surface area (Å²) in [6.45, 7) is 0.132. The predicted octanol–water partition coefficient (Wildman–Crippen LogP) is 4.77. The zero-order valence-electron chi connectivity index (χ0n) is 18.2. The third kappa shape index (κ3) is 4.69. The van der Waals surface area contributed by atoms with Crippen molar-refractivity contribution in [2.45, 2.75) is 17.7 Å². The highest BCUT2D eigenvalue weighted by molar-refractivity contribution is 7.89. The molecule has 9 heteroatoms. The van der Waals surface area contributed by atoms with Crippen LogP contribution in [0.15, 0.2) is 70.0 Å². The van der Waals surface area contributed by atoms with Crippen molar-refractivity contribution in [3.05, 3.63) is 66.5 Å². The summed E-state index contributed by atoms with van der Waals surface area (Å²) >= 11 is 0. The second-order valence-electron chi connectivity index (χ2n) is 7.58. The maximum absolute atomic E-state index is 13.1. The van der Waals surface area contributed by atoms with Gasteiger partial charge < -0.3 is 14.5 Å². The lowest BCUT2D eigenvalue weighted by atomic mass is 10.1. The number of sulfonamides is 1. The quantitative estimate of drug-likeness (QED) is 0.401. The fourth-order valence-corrected chi connectivity index (χ4v) is 4.81. The van der Waals surface area contributed by atoms with E-state index in [-0.39, 0.29) is 23.8 Å². The summed E-state index contributed by atoms with van der Waals surface area (Å²) in [5, 5.41) is 4.65. The van der Waals surface area contributed by atoms with Gasteiger partial charge in [-0.2, -0.15) is 0 Å². The Morgan fingerprint density at radius 2 is 1.79 bits per heavy atom. The molecule has 1 heterocycles. The number of hydrogen-bond donors (Lipinski definition) is 1. The van der Waals surface area contributed by atoms with Gasteiger partial charge in [0.25, 0.3) is 0 Å². The van der Waals surface area contributed by atoms with Crippen molar-refractivity contribution < 1.29 is 26.8 Å². The average Bonchev–Trinajstić information content (AvgIpc) is 3.16. The Bertz CT molecular complexity index is 1410. The number of methoxy groups -OCH3 is 1. The molecule has 0 unspecified atom stereocenters. The summed E-state index contributed by atoms with van der Waals surface area (Å²) in [4.78, 5) is 12.5. The van der Waals surface area contributed by atoms with E-state index in [1.165, 1.54) is 26.3 Å². The molecule has 1 aromatic heterocycles. The van der Waals surface area contributed by atoms with Crippen molar-refractivity contribution in [1.82, 2.24) is 4.31 Å². The fourth-order valence-electron chi connectivity index (χ4n) is 3.60. The average molecular weight is 471 g/mol. The molecule has 4 rings (SSSR count). The number of hydrogen-bond acceptors (Lipinski definition) is 5. The summed E-state index contributed by atoms with van der Waals surface area (Å²) in [6.07, 6.45) is 0.405. The van der Waals surface area contributed by atoms with Gasteiger partial charge in [-0.15, -0.1) is 0 Å². The van der Waals surface area contributed by atoms with Gasteiger partial charge in [0.05, 0.1) is 17.7 Å². The molecular weight excluding hydrogens is 447 g/mol. The third-order valence-corrected chi connectivity index (χ3v) is 7.24. The van der Waals surface area contributed by atoms with Crippen LogP contribution >= 0.6 is 0 Å². The number of ether oxygens (including phenoxy) is 1. The molecular formula is C24H23FN2O5S. The van der Waals surface area contributed by atoms with Gasteiger partial charge in [0, 0.05) is 36.9 Å². The van der Waals surface area contributed by atoms with E-state index in [1.54, 1.807) is 6.07 Å². The Morgan fingerprint density at radius 3 is 2.52 bits per heavy atom. The number of carbonyl (C=O) groups excluding carboxylic acids is 1. The van der Waals surface area contributed by atoms with Crippen LogP contribution in [0.5, 0.6) is 5.75 Å². The maximum atomic E-state index is 13.1. The number of anilines is 1. The highest BCUT2D eigenvalue weighted by Crippen LogP contribution is 2.36. The molecule has 1 N–H and O–H groups in total. The van der Waals surface area contributed by atoms with Crippen LogP contribution in [0, 0.1) is 5.82 Å². The standard InChI is InChI=1S/C24H23FN2O5S/c1-27(33(29,30)17-11-9-16(25)10-12-17)13-5-8-24(28)26-20-15-22-19(14-23(20)31-2)18-6-3-4-7-21(18)32-22/h3-4,6-7,9-12,14-15H,5,8,13H2,1-2H3,(H,26,28). The van der Waals surface area contributed by atoms with E-state index in [4.69, 9.17) is 9.15 Å². The van der Waals surface area contributed by atoms with Gasteiger partial charge >= 0.3 is 0 Å². The number of rotatable bonds is 8. The van der Waals surface area contributed by atoms with Crippen molar-refractivity contribution in [2.75, 3.05) is 26.0 Å². The number of halogens is 1. The number of nitrogens with one attached hydrogen (secondary N) is 1. The molecule has 0 fully saturated rings. The summed E-state index contributed by atoms with van der Waals surface area (Å²) in [5.74, 6) is -0.292.